The summed E-state index contributed by atoms with van der Waals surface area (Å²) < 4.78 is 0.953. The number of aryl methyl sites for hydroxylation is 1. The van der Waals surface area contributed by atoms with Gasteiger partial charge in [0.2, 0.25) is 0 Å². The summed E-state index contributed by atoms with van der Waals surface area (Å²) >= 11 is 3.43. The van der Waals surface area contributed by atoms with Gasteiger partial charge in [-0.1, -0.05) is 22.0 Å². The van der Waals surface area contributed by atoms with Crippen LogP contribution in [0.2, 0.25) is 0 Å². The van der Waals surface area contributed by atoms with E-state index in [4.69, 9.17) is 0 Å². The highest BCUT2D eigenvalue weighted by atomic mass is 79.9. The van der Waals surface area contributed by atoms with E-state index >= 15 is 0 Å². The molecule has 104 valence electrons. The lowest BCUT2D eigenvalue weighted by atomic mass is 9.87. The minimum absolute atomic E-state index is 0.616. The van der Waals surface area contributed by atoms with Gasteiger partial charge < -0.3 is 15.3 Å². The van der Waals surface area contributed by atoms with E-state index in [-0.39, 0.29) is 0 Å². The van der Waals surface area contributed by atoms with E-state index in [0.29, 0.717) is 12.8 Å². The minimum Gasteiger partial charge on any atom is -0.480 e. The van der Waals surface area contributed by atoms with Crippen molar-refractivity contribution in [2.24, 2.45) is 0 Å². The largest absolute Gasteiger partial charge is 0.480 e. The van der Waals surface area contributed by atoms with Gasteiger partial charge in [0.15, 0.2) is 0 Å². The van der Waals surface area contributed by atoms with E-state index in [2.05, 4.69) is 26.1 Å². The lowest BCUT2D eigenvalue weighted by Crippen LogP contribution is -2.53. The number of nitrogens with zero attached hydrogens (tertiary/aromatic N) is 1. The zero-order valence-corrected chi connectivity index (χ0v) is 12.8. The van der Waals surface area contributed by atoms with Crippen LogP contribution in [0, 0.1) is 6.92 Å². The highest BCUT2D eigenvalue weighted by molar-refractivity contribution is 9.10. The molecule has 1 aliphatic heterocycles. The fourth-order valence-corrected chi connectivity index (χ4v) is 2.74. The van der Waals surface area contributed by atoms with E-state index in [1.807, 2.05) is 32.2 Å². The van der Waals surface area contributed by atoms with Crippen molar-refractivity contribution >= 4 is 27.6 Å². The quantitative estimate of drug-likeness (QED) is 0.896. The average molecular weight is 327 g/mol. The molecular formula is C14H19BrN2O2. The van der Waals surface area contributed by atoms with E-state index in [1.165, 1.54) is 0 Å². The third-order valence-corrected chi connectivity index (χ3v) is 4.32. The average Bonchev–Trinajstić information content (AvgIpc) is 2.36. The molecule has 0 saturated carbocycles. The van der Waals surface area contributed by atoms with Crippen LogP contribution in [0.3, 0.4) is 0 Å². The van der Waals surface area contributed by atoms with E-state index in [1.54, 1.807) is 0 Å². The normalized spacial score (nSPS) is 19.1. The van der Waals surface area contributed by atoms with Crippen LogP contribution in [-0.4, -0.2) is 41.7 Å². The van der Waals surface area contributed by atoms with E-state index in [0.717, 1.165) is 28.8 Å². The molecule has 0 amide bonds. The number of carboxylic acids is 1. The Balaban J connectivity index is 2.26. The standard InChI is InChI=1S/C14H19BrN2O2/c1-10-3-4-11(15)9-12(10)16-14(13(18)19)5-7-17(2)8-6-14/h3-4,9,16H,5-8H2,1-2H3,(H,18,19). The van der Waals surface area contributed by atoms with E-state index < -0.39 is 11.5 Å². The van der Waals surface area contributed by atoms with Crippen LogP contribution in [0.25, 0.3) is 0 Å². The molecule has 1 aromatic carbocycles. The molecule has 2 rings (SSSR count). The Hall–Kier alpha value is -1.07. The van der Waals surface area contributed by atoms with Crippen LogP contribution in [0.1, 0.15) is 18.4 Å². The number of nitrogens with one attached hydrogen (secondary N) is 1. The van der Waals surface area contributed by atoms with Crippen molar-refractivity contribution in [3.63, 3.8) is 0 Å². The number of piperidine rings is 1. The third-order valence-electron chi connectivity index (χ3n) is 3.82. The van der Waals surface area contributed by atoms with Crippen LogP contribution in [0.5, 0.6) is 0 Å². The Morgan fingerprint density at radius 1 is 1.42 bits per heavy atom. The smallest absolute Gasteiger partial charge is 0.329 e. The zero-order chi connectivity index (χ0) is 14.0. The molecule has 0 aliphatic carbocycles. The van der Waals surface area contributed by atoms with Crippen molar-refractivity contribution in [3.05, 3.63) is 28.2 Å². The Bertz CT molecular complexity index is 482. The van der Waals surface area contributed by atoms with E-state index in [9.17, 15) is 9.90 Å². The van der Waals surface area contributed by atoms with Crippen molar-refractivity contribution in [2.75, 3.05) is 25.5 Å². The van der Waals surface area contributed by atoms with Crippen molar-refractivity contribution in [1.29, 1.82) is 0 Å². The number of likely N-dealkylation sites (tertiary alicyclic amines) is 1. The maximum Gasteiger partial charge on any atom is 0.329 e. The summed E-state index contributed by atoms with van der Waals surface area (Å²) in [4.78, 5) is 13.9. The highest BCUT2D eigenvalue weighted by Crippen LogP contribution is 2.30. The second-order valence-corrected chi connectivity index (χ2v) is 6.19. The maximum atomic E-state index is 11.7. The van der Waals surface area contributed by atoms with Crippen LogP contribution in [0.15, 0.2) is 22.7 Å². The Kier molecular flexibility index (Phi) is 4.16. The molecule has 0 unspecified atom stereocenters. The summed E-state index contributed by atoms with van der Waals surface area (Å²) in [6, 6.07) is 5.89. The molecular weight excluding hydrogens is 308 g/mol. The van der Waals surface area contributed by atoms with Crippen LogP contribution < -0.4 is 5.32 Å². The topological polar surface area (TPSA) is 52.6 Å². The predicted molar refractivity (Wildman–Crippen MR) is 79.6 cm³/mol. The number of carboxylic acid groups (broad SMARTS) is 1. The van der Waals surface area contributed by atoms with Gasteiger partial charge in [-0.2, -0.15) is 0 Å². The predicted octanol–water partition coefficient (Wildman–Crippen LogP) is 2.72. The molecule has 1 fully saturated rings. The summed E-state index contributed by atoms with van der Waals surface area (Å²) in [5.74, 6) is -0.764. The number of carbonyl (C=O) groups is 1. The monoisotopic (exact) mass is 326 g/mol. The molecule has 0 atom stereocenters. The summed E-state index contributed by atoms with van der Waals surface area (Å²) in [5.41, 5.74) is 1.10. The van der Waals surface area contributed by atoms with Crippen LogP contribution in [0.4, 0.5) is 5.69 Å². The number of rotatable bonds is 3. The number of anilines is 1. The summed E-state index contributed by atoms with van der Waals surface area (Å²) in [6.07, 6.45) is 1.23. The van der Waals surface area contributed by atoms with Crippen molar-refractivity contribution < 1.29 is 9.90 Å². The van der Waals surface area contributed by atoms with Gasteiger partial charge >= 0.3 is 5.97 Å². The molecule has 0 aromatic heterocycles. The first-order valence-electron chi connectivity index (χ1n) is 6.39. The number of hydrogen-bond donors (Lipinski definition) is 2. The highest BCUT2D eigenvalue weighted by Gasteiger charge is 2.41. The van der Waals surface area contributed by atoms with Crippen molar-refractivity contribution in [2.45, 2.75) is 25.3 Å². The fourth-order valence-electron chi connectivity index (χ4n) is 2.38. The fraction of sp³-hybridized carbons (Fsp3) is 0.500. The molecule has 1 aliphatic rings. The summed E-state index contributed by atoms with van der Waals surface area (Å²) in [7, 11) is 2.02. The van der Waals surface area contributed by atoms with Gasteiger partial charge in [-0.05, 0) is 44.5 Å². The molecule has 19 heavy (non-hydrogen) atoms. The number of benzene rings is 1. The molecule has 5 heteroatoms. The molecule has 1 saturated heterocycles. The number of aliphatic carboxylic acids is 1. The van der Waals surface area contributed by atoms with Gasteiger partial charge in [-0.15, -0.1) is 0 Å². The van der Waals surface area contributed by atoms with Crippen LogP contribution in [-0.2, 0) is 4.79 Å². The van der Waals surface area contributed by atoms with Crippen molar-refractivity contribution in [3.8, 4) is 0 Å². The molecule has 0 radical (unpaired) electrons. The first-order valence-corrected chi connectivity index (χ1v) is 7.18. The van der Waals surface area contributed by atoms with Gasteiger partial charge in [0, 0.05) is 23.2 Å². The Labute approximate surface area is 121 Å². The molecule has 0 bridgehead atoms. The first-order chi connectivity index (χ1) is 8.93. The molecule has 1 heterocycles. The Morgan fingerprint density at radius 2 is 2.05 bits per heavy atom. The molecule has 0 spiro atoms. The third kappa shape index (κ3) is 3.09. The lowest BCUT2D eigenvalue weighted by molar-refractivity contribution is -0.143. The second-order valence-electron chi connectivity index (χ2n) is 5.27. The van der Waals surface area contributed by atoms with Crippen molar-refractivity contribution in [1.82, 2.24) is 4.90 Å². The van der Waals surface area contributed by atoms with Gasteiger partial charge in [0.25, 0.3) is 0 Å². The Morgan fingerprint density at radius 3 is 2.63 bits per heavy atom. The zero-order valence-electron chi connectivity index (χ0n) is 11.2. The maximum absolute atomic E-state index is 11.7. The molecule has 4 nitrogen and oxygen atoms in total. The number of hydrogen-bond acceptors (Lipinski definition) is 3. The molecule has 1 aromatic rings. The SMILES string of the molecule is Cc1ccc(Br)cc1NC1(C(=O)O)CCN(C)CC1. The summed E-state index contributed by atoms with van der Waals surface area (Å²) in [5, 5.41) is 12.9. The van der Waals surface area contributed by atoms with Gasteiger partial charge in [0.05, 0.1) is 0 Å². The number of halogens is 1. The van der Waals surface area contributed by atoms with Gasteiger partial charge in [-0.3, -0.25) is 0 Å². The first kappa shape index (κ1) is 14.3. The summed E-state index contributed by atoms with van der Waals surface area (Å²) in [6.45, 7) is 3.58. The minimum atomic E-state index is -0.849. The molecule has 2 N–H and O–H groups in total. The van der Waals surface area contributed by atoms with Gasteiger partial charge in [-0.25, -0.2) is 4.79 Å². The second kappa shape index (κ2) is 5.51. The lowest BCUT2D eigenvalue weighted by Gasteiger charge is -2.39. The van der Waals surface area contributed by atoms with Crippen LogP contribution >= 0.6 is 15.9 Å². The van der Waals surface area contributed by atoms with Gasteiger partial charge in [0.1, 0.15) is 5.54 Å².